The van der Waals surface area contributed by atoms with E-state index in [4.69, 9.17) is 23.1 Å². The molecule has 0 saturated heterocycles. The van der Waals surface area contributed by atoms with Gasteiger partial charge in [-0.25, -0.2) is 4.39 Å². The lowest BCUT2D eigenvalue weighted by Crippen LogP contribution is -2.15. The van der Waals surface area contributed by atoms with E-state index in [2.05, 4.69) is 6.58 Å². The fourth-order valence-corrected chi connectivity index (χ4v) is 2.99. The van der Waals surface area contributed by atoms with E-state index in [-0.39, 0.29) is 17.1 Å². The molecule has 0 aliphatic rings. The molecule has 0 aliphatic heterocycles. The molecule has 0 saturated carbocycles. The van der Waals surface area contributed by atoms with Gasteiger partial charge in [-0.05, 0) is 30.2 Å². The number of halogens is 2. The van der Waals surface area contributed by atoms with Crippen LogP contribution < -0.4 is 11.5 Å². The predicted molar refractivity (Wildman–Crippen MR) is 101 cm³/mol. The molecule has 130 valence electrons. The molecule has 5 heteroatoms. The maximum Gasteiger partial charge on any atom is 0.245 e. The Morgan fingerprint density at radius 1 is 1.20 bits per heavy atom. The van der Waals surface area contributed by atoms with Crippen LogP contribution in [-0.4, -0.2) is 12.5 Å². The van der Waals surface area contributed by atoms with Crippen LogP contribution in [0.3, 0.4) is 0 Å². The first-order chi connectivity index (χ1) is 11.9. The van der Waals surface area contributed by atoms with E-state index in [0.29, 0.717) is 17.1 Å². The molecule has 0 radical (unpaired) electrons. The van der Waals surface area contributed by atoms with E-state index in [1.165, 1.54) is 6.92 Å². The largest absolute Gasteiger partial charge is 0.366 e. The topological polar surface area (TPSA) is 69.1 Å². The number of allylic oxidation sites excluding steroid dienone is 2. The minimum absolute atomic E-state index is 0.0168. The van der Waals surface area contributed by atoms with Gasteiger partial charge in [-0.3, -0.25) is 4.79 Å². The van der Waals surface area contributed by atoms with Crippen molar-refractivity contribution in [3.63, 3.8) is 0 Å². The monoisotopic (exact) mass is 358 g/mol. The third-order valence-corrected chi connectivity index (χ3v) is 4.45. The van der Waals surface area contributed by atoms with Gasteiger partial charge in [-0.1, -0.05) is 54.6 Å². The molecule has 3 nitrogen and oxygen atoms in total. The molecule has 2 aromatic rings. The van der Waals surface area contributed by atoms with Crippen molar-refractivity contribution >= 4 is 23.1 Å². The molecule has 2 aromatic carbocycles. The van der Waals surface area contributed by atoms with Gasteiger partial charge in [0, 0.05) is 34.2 Å². The average Bonchev–Trinajstić information content (AvgIpc) is 2.58. The Balaban J connectivity index is 2.63. The lowest BCUT2D eigenvalue weighted by molar-refractivity contribution is -0.114. The van der Waals surface area contributed by atoms with E-state index in [1.54, 1.807) is 12.1 Å². The maximum atomic E-state index is 14.0. The highest BCUT2D eigenvalue weighted by Crippen LogP contribution is 2.35. The lowest BCUT2D eigenvalue weighted by atomic mass is 9.88. The molecule has 1 amide bonds. The number of primary amides is 1. The Morgan fingerprint density at radius 3 is 2.36 bits per heavy atom. The second kappa shape index (κ2) is 8.10. The standard InChI is InChI=1S/C20H20ClFN2O/c1-12(20(24)25)19(13(2)22)16-10-15(8-9-18(16)21)17(11-23)14-6-4-3-5-7-14/h3-10,17H,2,11,23H2,1H3,(H2,24,25)/b19-12-. The Bertz CT molecular complexity index is 831. The SMILES string of the molecule is C=C(F)/C(=C(\C)C(N)=O)c1cc(C(CN)c2ccccc2)ccc1Cl. The highest BCUT2D eigenvalue weighted by Gasteiger charge is 2.19. The molecule has 0 spiro atoms. The van der Waals surface area contributed by atoms with Gasteiger partial charge in [0.25, 0.3) is 0 Å². The van der Waals surface area contributed by atoms with Crippen molar-refractivity contribution in [3.05, 3.63) is 88.2 Å². The molecule has 0 heterocycles. The van der Waals surface area contributed by atoms with Crippen molar-refractivity contribution in [3.8, 4) is 0 Å². The second-order valence-electron chi connectivity index (χ2n) is 5.71. The van der Waals surface area contributed by atoms with E-state index >= 15 is 0 Å². The summed E-state index contributed by atoms with van der Waals surface area (Å²) < 4.78 is 14.0. The zero-order valence-electron chi connectivity index (χ0n) is 13.9. The van der Waals surface area contributed by atoms with Gasteiger partial charge in [-0.15, -0.1) is 0 Å². The molecule has 2 rings (SSSR count). The fourth-order valence-electron chi connectivity index (χ4n) is 2.78. The van der Waals surface area contributed by atoms with Gasteiger partial charge in [0.1, 0.15) is 5.83 Å². The van der Waals surface area contributed by atoms with Crippen molar-refractivity contribution in [1.29, 1.82) is 0 Å². The molecule has 1 unspecified atom stereocenters. The van der Waals surface area contributed by atoms with Gasteiger partial charge >= 0.3 is 0 Å². The summed E-state index contributed by atoms with van der Waals surface area (Å²) in [5.41, 5.74) is 13.6. The molecule has 0 bridgehead atoms. The Hall–Kier alpha value is -2.43. The Kier molecular flexibility index (Phi) is 6.12. The minimum Gasteiger partial charge on any atom is -0.366 e. The highest BCUT2D eigenvalue weighted by atomic mass is 35.5. The zero-order chi connectivity index (χ0) is 18.6. The average molecular weight is 359 g/mol. The second-order valence-corrected chi connectivity index (χ2v) is 6.11. The summed E-state index contributed by atoms with van der Waals surface area (Å²) in [6.45, 7) is 5.13. The number of hydrogen-bond donors (Lipinski definition) is 2. The van der Waals surface area contributed by atoms with Crippen molar-refractivity contribution in [2.75, 3.05) is 6.54 Å². The summed E-state index contributed by atoms with van der Waals surface area (Å²) in [5.74, 6) is -1.58. The van der Waals surface area contributed by atoms with Gasteiger partial charge < -0.3 is 11.5 Å². The predicted octanol–water partition coefficient (Wildman–Crippen LogP) is 4.17. The van der Waals surface area contributed by atoms with Gasteiger partial charge in [0.15, 0.2) is 0 Å². The number of rotatable bonds is 6. The number of benzene rings is 2. The summed E-state index contributed by atoms with van der Waals surface area (Å²) in [6, 6.07) is 15.0. The van der Waals surface area contributed by atoms with Crippen LogP contribution in [0.2, 0.25) is 5.02 Å². The van der Waals surface area contributed by atoms with E-state index < -0.39 is 11.7 Å². The molecule has 0 fully saturated rings. The van der Waals surface area contributed by atoms with E-state index in [0.717, 1.165) is 11.1 Å². The van der Waals surface area contributed by atoms with Crippen LogP contribution in [0.25, 0.3) is 5.57 Å². The van der Waals surface area contributed by atoms with E-state index in [9.17, 15) is 9.18 Å². The molecule has 4 N–H and O–H groups in total. The number of hydrogen-bond acceptors (Lipinski definition) is 2. The van der Waals surface area contributed by atoms with Gasteiger partial charge in [-0.2, -0.15) is 0 Å². The zero-order valence-corrected chi connectivity index (χ0v) is 14.7. The number of nitrogens with two attached hydrogens (primary N) is 2. The Morgan fingerprint density at radius 2 is 1.84 bits per heavy atom. The van der Waals surface area contributed by atoms with Crippen molar-refractivity contribution in [2.45, 2.75) is 12.8 Å². The number of carbonyl (C=O) groups is 1. The van der Waals surface area contributed by atoms with E-state index in [1.807, 2.05) is 36.4 Å². The maximum absolute atomic E-state index is 14.0. The summed E-state index contributed by atoms with van der Waals surface area (Å²) in [4.78, 5) is 11.5. The van der Waals surface area contributed by atoms with Crippen molar-refractivity contribution in [1.82, 2.24) is 0 Å². The van der Waals surface area contributed by atoms with Crippen LogP contribution in [-0.2, 0) is 4.79 Å². The molecule has 1 atom stereocenters. The third-order valence-electron chi connectivity index (χ3n) is 4.12. The normalized spacial score (nSPS) is 13.1. The summed E-state index contributed by atoms with van der Waals surface area (Å²) >= 11 is 6.25. The molecular weight excluding hydrogens is 339 g/mol. The molecule has 0 aromatic heterocycles. The quantitative estimate of drug-likeness (QED) is 0.601. The third kappa shape index (κ3) is 4.16. The summed E-state index contributed by atoms with van der Waals surface area (Å²) in [7, 11) is 0. The van der Waals surface area contributed by atoms with Crippen LogP contribution in [0.5, 0.6) is 0 Å². The van der Waals surface area contributed by atoms with Crippen LogP contribution in [0.15, 0.2) is 66.5 Å². The van der Waals surface area contributed by atoms with Gasteiger partial charge in [0.05, 0.1) is 0 Å². The summed E-state index contributed by atoms with van der Waals surface area (Å²) in [5, 5.41) is 0.307. The fraction of sp³-hybridized carbons (Fsp3) is 0.150. The van der Waals surface area contributed by atoms with Crippen molar-refractivity contribution < 1.29 is 9.18 Å². The minimum atomic E-state index is -0.764. The Labute approximate surface area is 151 Å². The number of carbonyl (C=O) groups excluding carboxylic acids is 1. The van der Waals surface area contributed by atoms with Crippen LogP contribution in [0, 0.1) is 0 Å². The summed E-state index contributed by atoms with van der Waals surface area (Å²) in [6.07, 6.45) is 0. The highest BCUT2D eigenvalue weighted by molar-refractivity contribution is 6.32. The lowest BCUT2D eigenvalue weighted by Gasteiger charge is -2.19. The smallest absolute Gasteiger partial charge is 0.245 e. The first kappa shape index (κ1) is 18.9. The van der Waals surface area contributed by atoms with Crippen LogP contribution >= 0.6 is 11.6 Å². The molecule has 0 aliphatic carbocycles. The van der Waals surface area contributed by atoms with Crippen LogP contribution in [0.4, 0.5) is 4.39 Å². The first-order valence-electron chi connectivity index (χ1n) is 7.77. The number of amides is 1. The van der Waals surface area contributed by atoms with Crippen LogP contribution in [0.1, 0.15) is 29.5 Å². The molecular formula is C20H20ClFN2O. The first-order valence-corrected chi connectivity index (χ1v) is 8.14. The molecule has 25 heavy (non-hydrogen) atoms. The van der Waals surface area contributed by atoms with Crippen molar-refractivity contribution in [2.24, 2.45) is 11.5 Å². The van der Waals surface area contributed by atoms with Gasteiger partial charge in [0.2, 0.25) is 5.91 Å².